The Balaban J connectivity index is 0.781. The van der Waals surface area contributed by atoms with E-state index in [1.807, 2.05) is 65.0 Å². The summed E-state index contributed by atoms with van der Waals surface area (Å²) >= 11 is 0. The molecule has 0 saturated carbocycles. The number of aliphatic hydroxyl groups excluding tert-OH is 2. The smallest absolute Gasteiger partial charge is 0.452 e. The number of nitrogens with two attached hydrogens (primary N) is 2. The molecule has 2 saturated heterocycles. The molecule has 698 valence electrons. The van der Waals surface area contributed by atoms with Gasteiger partial charge in [0, 0.05) is 97.1 Å². The molecule has 0 radical (unpaired) electrons. The number of likely N-dealkylation sites (N-methyl/N-ethyl adjacent to an activating group) is 1. The molecule has 0 spiro atoms. The number of unbranched alkanes of at least 4 members (excludes halogenated alkanes) is 4. The lowest BCUT2D eigenvalue weighted by molar-refractivity contribution is -0.142. The third kappa shape index (κ3) is 28.9. The summed E-state index contributed by atoms with van der Waals surface area (Å²) in [7, 11) is -34.0. The summed E-state index contributed by atoms with van der Waals surface area (Å²) in [5, 5.41) is 30.3. The van der Waals surface area contributed by atoms with E-state index < -0.39 is 175 Å². The molecule has 46 nitrogen and oxygen atoms in total. The van der Waals surface area contributed by atoms with Crippen LogP contribution in [0.3, 0.4) is 0 Å². The van der Waals surface area contributed by atoms with E-state index in [4.69, 9.17) is 40.0 Å². The number of aromatic nitrogens is 5. The SMILES string of the molecule is CCN1c2ccc(S(=O)(=O)O)cc2C(C)(C)C1/C=C/C=C/C=C1/N(CCCCCC(=O)NC(CSSCCCC(=O)OCC#Cc2cn(C3OC(COP(=O)(O)OP(=O)(O)OP(=O)(O)O)C(O)C3O)c3ncnc(N)c23)C(=O)NCCCCCC(=O)NCC#Cc2cn(C3CC(OP(=O)(O)O)C(COP(=O)(O)O)O3)c(=O)nc2N)c2ccc(S(=O)(=O)O)cc2C1(C)C. The Hall–Kier alpha value is -7.65. The van der Waals surface area contributed by atoms with E-state index in [0.717, 1.165) is 34.0 Å². The van der Waals surface area contributed by atoms with Crippen molar-refractivity contribution in [3.8, 4) is 23.7 Å². The predicted octanol–water partition coefficient (Wildman–Crippen LogP) is 4.41. The van der Waals surface area contributed by atoms with Crippen molar-refractivity contribution in [2.45, 2.75) is 181 Å². The van der Waals surface area contributed by atoms with Gasteiger partial charge in [-0.1, -0.05) is 110 Å². The van der Waals surface area contributed by atoms with Crippen molar-refractivity contribution in [2.24, 2.45) is 0 Å². The Kier molecular flexibility index (Phi) is 35.4. The van der Waals surface area contributed by atoms with Crippen LogP contribution in [0.25, 0.3) is 11.0 Å². The largest absolute Gasteiger partial charge is 0.490 e. The van der Waals surface area contributed by atoms with Crippen LogP contribution < -0.4 is 42.9 Å². The van der Waals surface area contributed by atoms with E-state index in [0.29, 0.717) is 68.6 Å². The highest BCUT2D eigenvalue weighted by Crippen LogP contribution is 2.66. The fourth-order valence-corrected chi connectivity index (χ4v) is 21.5. The minimum atomic E-state index is -5.89. The molecule has 11 unspecified atom stereocenters. The second-order valence-electron chi connectivity index (χ2n) is 30.0. The molecule has 4 aliphatic heterocycles. The molecule has 4 aliphatic rings. The van der Waals surface area contributed by atoms with Gasteiger partial charge in [-0.2, -0.15) is 30.4 Å². The van der Waals surface area contributed by atoms with Gasteiger partial charge in [0.15, 0.2) is 12.8 Å². The third-order valence-corrected chi connectivity index (χ3v) is 29.2. The van der Waals surface area contributed by atoms with Gasteiger partial charge in [0.05, 0.1) is 52.1 Å². The first-order valence-corrected chi connectivity index (χ1v) is 51.7. The van der Waals surface area contributed by atoms with Crippen molar-refractivity contribution in [1.29, 1.82) is 0 Å². The second kappa shape index (κ2) is 43.6. The van der Waals surface area contributed by atoms with Crippen LogP contribution in [-0.2, 0) is 109 Å². The van der Waals surface area contributed by atoms with Crippen LogP contribution in [-0.4, -0.2) is 223 Å². The lowest BCUT2D eigenvalue weighted by Crippen LogP contribution is -2.48. The minimum Gasteiger partial charge on any atom is -0.452 e. The van der Waals surface area contributed by atoms with E-state index in [2.05, 4.69) is 82.1 Å². The van der Waals surface area contributed by atoms with Crippen molar-refractivity contribution >= 4 is 139 Å². The first-order valence-electron chi connectivity index (χ1n) is 38.7. The molecule has 2 aromatic carbocycles. The zero-order valence-electron chi connectivity index (χ0n) is 68.4. The molecule has 3 amide bonds. The second-order valence-corrected chi connectivity index (χ2v) is 42.3. The maximum absolute atomic E-state index is 13.9. The molecule has 11 atom stereocenters. The Morgan fingerprint density at radius 1 is 0.701 bits per heavy atom. The van der Waals surface area contributed by atoms with Crippen LogP contribution in [0.1, 0.15) is 140 Å². The average molecular weight is 1960 g/mol. The normalized spacial score (nSPS) is 21.4. The number of benzene rings is 2. The first kappa shape index (κ1) is 103. The maximum Gasteiger partial charge on any atom is 0.490 e. The number of carbonyl (C=O) groups is 4. The van der Waals surface area contributed by atoms with Crippen LogP contribution in [0.15, 0.2) is 106 Å². The van der Waals surface area contributed by atoms with Crippen LogP contribution >= 0.6 is 60.7 Å². The van der Waals surface area contributed by atoms with Crippen molar-refractivity contribution in [2.75, 3.05) is 78.8 Å². The number of anilines is 4. The molecule has 0 bridgehead atoms. The molecular formula is C72H97N12O34P5S4. The monoisotopic (exact) mass is 1960 g/mol. The average Bonchev–Trinajstić information content (AvgIpc) is 1.59. The number of phosphoric ester groups is 3. The van der Waals surface area contributed by atoms with E-state index in [9.17, 15) is 112 Å². The summed E-state index contributed by atoms with van der Waals surface area (Å²) in [4.78, 5) is 156. The van der Waals surface area contributed by atoms with Crippen LogP contribution in [0.2, 0.25) is 0 Å². The number of rotatable bonds is 43. The van der Waals surface area contributed by atoms with Crippen molar-refractivity contribution in [3.63, 3.8) is 0 Å². The molecule has 9 rings (SSSR count). The Bertz CT molecular complexity index is 5690. The van der Waals surface area contributed by atoms with E-state index >= 15 is 0 Å². The van der Waals surface area contributed by atoms with E-state index in [-0.39, 0.29) is 94.2 Å². The highest BCUT2D eigenvalue weighted by molar-refractivity contribution is 8.76. The van der Waals surface area contributed by atoms with Gasteiger partial charge in [-0.15, -0.1) is 0 Å². The molecule has 127 heavy (non-hydrogen) atoms. The third-order valence-electron chi connectivity index (χ3n) is 20.2. The molecule has 5 aromatic rings. The Morgan fingerprint density at radius 2 is 1.35 bits per heavy atom. The summed E-state index contributed by atoms with van der Waals surface area (Å²) in [5.41, 5.74) is 13.6. The molecule has 55 heteroatoms. The van der Waals surface area contributed by atoms with Crippen LogP contribution in [0, 0.1) is 23.7 Å². The number of fused-ring (bicyclic) bond motifs is 3. The van der Waals surface area contributed by atoms with Gasteiger partial charge in [-0.25, -0.2) is 37.6 Å². The fraction of sp³-hybridized carbons (Fsp3) is 0.500. The van der Waals surface area contributed by atoms with Gasteiger partial charge in [0.25, 0.3) is 20.2 Å². The van der Waals surface area contributed by atoms with Crippen LogP contribution in [0.5, 0.6) is 0 Å². The number of nitrogen functional groups attached to an aromatic ring is 2. The van der Waals surface area contributed by atoms with Gasteiger partial charge >= 0.3 is 50.8 Å². The van der Waals surface area contributed by atoms with Crippen molar-refractivity contribution < 1.29 is 154 Å². The number of amides is 3. The number of esters is 1. The Labute approximate surface area is 735 Å². The lowest BCUT2D eigenvalue weighted by atomic mass is 9.80. The van der Waals surface area contributed by atoms with Gasteiger partial charge < -0.3 is 105 Å². The van der Waals surface area contributed by atoms with Crippen molar-refractivity contribution in [1.82, 2.24) is 40.0 Å². The quantitative estimate of drug-likeness (QED) is 0.00489. The zero-order chi connectivity index (χ0) is 93.6. The van der Waals surface area contributed by atoms with Crippen molar-refractivity contribution in [3.05, 3.63) is 124 Å². The van der Waals surface area contributed by atoms with Gasteiger partial charge in [0.1, 0.15) is 66.4 Å². The van der Waals surface area contributed by atoms with Gasteiger partial charge in [-0.3, -0.25) is 46.4 Å². The van der Waals surface area contributed by atoms with E-state index in [1.165, 1.54) is 56.6 Å². The predicted molar refractivity (Wildman–Crippen MR) is 457 cm³/mol. The number of hydrogen-bond acceptors (Lipinski definition) is 33. The summed E-state index contributed by atoms with van der Waals surface area (Å²) in [6.45, 7) is 8.36. The summed E-state index contributed by atoms with van der Waals surface area (Å²) < 4.78 is 167. The molecular weight excluding hydrogens is 1860 g/mol. The number of aliphatic hydroxyl groups is 2. The Morgan fingerprint density at radius 3 is 2.02 bits per heavy atom. The topological polar surface area (TPSA) is 699 Å². The number of allylic oxidation sites excluding steroid dienone is 5. The highest BCUT2D eigenvalue weighted by atomic mass is 33.1. The van der Waals surface area contributed by atoms with Crippen LogP contribution in [0.4, 0.5) is 23.0 Å². The number of carbonyl (C=O) groups excluding carboxylic acids is 4. The summed E-state index contributed by atoms with van der Waals surface area (Å²) in [6, 6.07) is 7.70. The fourth-order valence-electron chi connectivity index (χ4n) is 14.3. The van der Waals surface area contributed by atoms with E-state index in [1.54, 1.807) is 12.1 Å². The summed E-state index contributed by atoms with van der Waals surface area (Å²) in [6.07, 6.45) is 4.35. The number of phosphoric acid groups is 5. The van der Waals surface area contributed by atoms with Gasteiger partial charge in [0.2, 0.25) is 17.7 Å². The van der Waals surface area contributed by atoms with Gasteiger partial charge in [-0.05, 0) is 92.6 Å². The number of ether oxygens (including phenoxy) is 3. The molecule has 3 aromatic heterocycles. The first-order chi connectivity index (χ1) is 59.3. The number of nitrogens with zero attached hydrogens (tertiary/aromatic N) is 7. The molecule has 7 heterocycles. The standard InChI is InChI=1S/C72H97N12O34P5S4/c1-6-81-51-28-26-46(126(105,106)107)35-48(51)71(2,3)56(81)21-10-7-11-22-57-72(4,5)49-36-47(127(108,109)110)27-29-52(49)82(57)32-15-9-13-24-59(86)79-50(68(90)76-30-14-8-12-23-58(85)75-31-16-19-45-39-83(70(91)80-65(45)73)60-37-53(116-120(95,96)97)54(114-60)40-112-119(92,93)94)42-125-124-34-18-25-61(87)111-33-17-20-44-38-84(67-62(44)66(74)77-43-78-67)69-64(89)63(88)55(115-69)41-113-122(101,102)118-123(103,104)117-121(98,99)100/h7,10-11,21-22,26-29,35-36,38-39,43,50,53-56,60,63-64,69,88-89H,6,8-9,12-15,18,23-25,30-34,37,40-42H2,1-5H3,(H,75,85)(H,76,90)(H,79,86)(H,101,102)(H,103,104)(H2,73,80,91)(H2,74,77,78)(H2,92,93,94)(H2,95,96,97)(H2,98,99,100)(H,105,106,107)(H,108,109,110)/b11-7+,21-10+,57-22+. The zero-order valence-corrected chi connectivity index (χ0v) is 76.2. The highest BCUT2D eigenvalue weighted by Gasteiger charge is 2.49. The summed E-state index contributed by atoms with van der Waals surface area (Å²) in [5.74, 6) is 8.87. The number of nitrogens with one attached hydrogen (secondary N) is 3. The molecule has 19 N–H and O–H groups in total. The lowest BCUT2D eigenvalue weighted by Gasteiger charge is -2.31. The minimum absolute atomic E-state index is 0.00285. The molecule has 0 aliphatic carbocycles. The maximum atomic E-state index is 13.9. The number of hydrogen-bond donors (Lipinski definition) is 17. The molecule has 2 fully saturated rings.